The zero-order chi connectivity index (χ0) is 22.3. The molecular formula is C28H43FN2. The van der Waals surface area contributed by atoms with Crippen molar-refractivity contribution in [3.8, 4) is 0 Å². The average molecular weight is 427 g/mol. The topological polar surface area (TPSA) is 38.0 Å². The van der Waals surface area contributed by atoms with Crippen molar-refractivity contribution < 1.29 is 4.39 Å². The van der Waals surface area contributed by atoms with Crippen molar-refractivity contribution in [1.29, 1.82) is 0 Å². The van der Waals surface area contributed by atoms with Crippen LogP contribution in [0, 0.1) is 11.3 Å². The smallest absolute Gasteiger partial charge is 0.0871 e. The number of benzene rings is 1. The minimum Gasteiger partial charge on any atom is -0.391 e. The van der Waals surface area contributed by atoms with E-state index in [1.807, 2.05) is 7.05 Å². The van der Waals surface area contributed by atoms with Crippen LogP contribution >= 0.6 is 0 Å². The van der Waals surface area contributed by atoms with Gasteiger partial charge in [0.05, 0.1) is 6.33 Å². The van der Waals surface area contributed by atoms with E-state index in [9.17, 15) is 4.39 Å². The summed E-state index contributed by atoms with van der Waals surface area (Å²) < 4.78 is 12.6. The van der Waals surface area contributed by atoms with Gasteiger partial charge in [0.25, 0.3) is 0 Å². The summed E-state index contributed by atoms with van der Waals surface area (Å²) in [4.78, 5) is 0. The molecule has 172 valence electrons. The van der Waals surface area contributed by atoms with Crippen molar-refractivity contribution in [2.75, 3.05) is 13.6 Å². The van der Waals surface area contributed by atoms with Crippen molar-refractivity contribution in [1.82, 2.24) is 5.32 Å². The zero-order valence-corrected chi connectivity index (χ0v) is 19.8. The second-order valence-corrected chi connectivity index (χ2v) is 10.2. The highest BCUT2D eigenvalue weighted by Crippen LogP contribution is 2.59. The van der Waals surface area contributed by atoms with Crippen LogP contribution in [0.15, 0.2) is 48.4 Å². The number of allylic oxidation sites excluding steroid dienone is 1. The minimum atomic E-state index is 0.303. The first-order chi connectivity index (χ1) is 15.0. The lowest BCUT2D eigenvalue weighted by atomic mass is 9.51. The normalized spacial score (nSPS) is 27.8. The third-order valence-corrected chi connectivity index (χ3v) is 8.71. The Bertz CT molecular complexity index is 717. The Morgan fingerprint density at radius 3 is 2.13 bits per heavy atom. The quantitative estimate of drug-likeness (QED) is 0.472. The number of aryl methyl sites for hydroxylation is 1. The van der Waals surface area contributed by atoms with E-state index in [0.29, 0.717) is 35.7 Å². The maximum atomic E-state index is 12.6. The SMILES string of the molecule is C=C(NC)C12CCC(c3ccc(CC/C(=C/F)CN)cc3)(CC1)CC2.CCC1CCC1. The van der Waals surface area contributed by atoms with Crippen molar-refractivity contribution in [2.45, 2.75) is 89.4 Å². The van der Waals surface area contributed by atoms with Crippen LogP contribution in [0.1, 0.15) is 88.7 Å². The highest BCUT2D eigenvalue weighted by Gasteiger charge is 2.50. The van der Waals surface area contributed by atoms with Gasteiger partial charge in [0, 0.05) is 24.7 Å². The highest BCUT2D eigenvalue weighted by molar-refractivity contribution is 5.33. The number of hydrogen-bond donors (Lipinski definition) is 2. The molecule has 0 saturated heterocycles. The van der Waals surface area contributed by atoms with Crippen LogP contribution in [0.25, 0.3) is 0 Å². The average Bonchev–Trinajstić information content (AvgIpc) is 2.80. The van der Waals surface area contributed by atoms with Gasteiger partial charge in [0.15, 0.2) is 0 Å². The summed E-state index contributed by atoms with van der Waals surface area (Å²) in [5.41, 5.74) is 10.9. The maximum Gasteiger partial charge on any atom is 0.0871 e. The van der Waals surface area contributed by atoms with Crippen LogP contribution in [0.3, 0.4) is 0 Å². The fourth-order valence-corrected chi connectivity index (χ4v) is 5.77. The Balaban J connectivity index is 0.000000391. The third kappa shape index (κ3) is 5.42. The number of rotatable bonds is 8. The van der Waals surface area contributed by atoms with Gasteiger partial charge in [-0.05, 0) is 79.4 Å². The van der Waals surface area contributed by atoms with E-state index in [-0.39, 0.29) is 0 Å². The molecule has 0 radical (unpaired) electrons. The number of fused-ring (bicyclic) bond motifs is 3. The molecule has 1 aromatic carbocycles. The summed E-state index contributed by atoms with van der Waals surface area (Å²) in [6.07, 6.45) is 15.7. The lowest BCUT2D eigenvalue weighted by Crippen LogP contribution is -2.46. The van der Waals surface area contributed by atoms with Gasteiger partial charge in [0.1, 0.15) is 0 Å². The van der Waals surface area contributed by atoms with Gasteiger partial charge >= 0.3 is 0 Å². The Kier molecular flexibility index (Phi) is 8.38. The van der Waals surface area contributed by atoms with Crippen LogP contribution in [-0.4, -0.2) is 13.6 Å². The predicted molar refractivity (Wildman–Crippen MR) is 131 cm³/mol. The number of nitrogens with one attached hydrogen (secondary N) is 1. The molecule has 3 heteroatoms. The Morgan fingerprint density at radius 1 is 1.13 bits per heavy atom. The van der Waals surface area contributed by atoms with Crippen LogP contribution in [0.5, 0.6) is 0 Å². The molecule has 2 nitrogen and oxygen atoms in total. The first-order valence-corrected chi connectivity index (χ1v) is 12.5. The van der Waals surface area contributed by atoms with Crippen molar-refractivity contribution in [2.24, 2.45) is 17.1 Å². The molecule has 4 fully saturated rings. The molecule has 1 aromatic rings. The molecule has 0 spiro atoms. The molecule has 0 atom stereocenters. The summed E-state index contributed by atoms with van der Waals surface area (Å²) >= 11 is 0. The standard InChI is InChI=1S/C22H31FN2.C6H12/c1-17(25-2)21-9-12-22(13-10-21,14-11-21)20-7-5-18(6-8-20)3-4-19(15-23)16-24;1-2-6-4-3-5-6/h5-8,15,25H,1,3-4,9-14,16,24H2,2H3;6H,2-5H2,1H3/b19-15-;. The van der Waals surface area contributed by atoms with Crippen molar-refractivity contribution in [3.63, 3.8) is 0 Å². The number of halogens is 1. The summed E-state index contributed by atoms with van der Waals surface area (Å²) in [6, 6.07) is 9.06. The molecule has 31 heavy (non-hydrogen) atoms. The van der Waals surface area contributed by atoms with Gasteiger partial charge in [-0.3, -0.25) is 0 Å². The lowest BCUT2D eigenvalue weighted by molar-refractivity contribution is 0.0654. The molecule has 4 saturated carbocycles. The van der Waals surface area contributed by atoms with E-state index >= 15 is 0 Å². The second kappa shape index (κ2) is 10.8. The molecule has 5 rings (SSSR count). The van der Waals surface area contributed by atoms with Gasteiger partial charge in [0.2, 0.25) is 0 Å². The first kappa shape index (κ1) is 24.0. The van der Waals surface area contributed by atoms with Gasteiger partial charge < -0.3 is 11.1 Å². The van der Waals surface area contributed by atoms with E-state index in [0.717, 1.165) is 12.3 Å². The molecule has 0 aliphatic heterocycles. The molecule has 3 N–H and O–H groups in total. The van der Waals surface area contributed by atoms with E-state index in [1.54, 1.807) is 0 Å². The Labute approximate surface area is 189 Å². The van der Waals surface area contributed by atoms with Crippen LogP contribution in [0.4, 0.5) is 4.39 Å². The molecule has 4 aliphatic carbocycles. The Hall–Kier alpha value is -1.61. The molecular weight excluding hydrogens is 383 g/mol. The van der Waals surface area contributed by atoms with Gasteiger partial charge in [-0.15, -0.1) is 0 Å². The monoisotopic (exact) mass is 426 g/mol. The molecule has 0 aromatic heterocycles. The van der Waals surface area contributed by atoms with Gasteiger partial charge in [-0.1, -0.05) is 63.5 Å². The number of hydrogen-bond acceptors (Lipinski definition) is 2. The number of nitrogens with two attached hydrogens (primary N) is 1. The highest BCUT2D eigenvalue weighted by atomic mass is 19.1. The molecule has 0 unspecified atom stereocenters. The van der Waals surface area contributed by atoms with E-state index in [4.69, 9.17) is 5.73 Å². The summed E-state index contributed by atoms with van der Waals surface area (Å²) in [6.45, 7) is 6.85. The fraction of sp³-hybridized carbons (Fsp3) is 0.643. The van der Waals surface area contributed by atoms with E-state index in [1.165, 1.54) is 81.0 Å². The van der Waals surface area contributed by atoms with Crippen molar-refractivity contribution >= 4 is 0 Å². The largest absolute Gasteiger partial charge is 0.391 e. The first-order valence-electron chi connectivity index (χ1n) is 12.5. The maximum absolute atomic E-state index is 12.6. The lowest BCUT2D eigenvalue weighted by Gasteiger charge is -2.54. The predicted octanol–water partition coefficient (Wildman–Crippen LogP) is 6.95. The van der Waals surface area contributed by atoms with Crippen LogP contribution < -0.4 is 11.1 Å². The fourth-order valence-electron chi connectivity index (χ4n) is 5.77. The summed E-state index contributed by atoms with van der Waals surface area (Å²) in [5.74, 6) is 1.12. The summed E-state index contributed by atoms with van der Waals surface area (Å²) in [7, 11) is 2.00. The molecule has 0 amide bonds. The van der Waals surface area contributed by atoms with E-state index in [2.05, 4.69) is 43.1 Å². The molecule has 0 heterocycles. The van der Waals surface area contributed by atoms with Crippen LogP contribution in [0.2, 0.25) is 0 Å². The third-order valence-electron chi connectivity index (χ3n) is 8.71. The summed E-state index contributed by atoms with van der Waals surface area (Å²) in [5, 5.41) is 3.31. The zero-order valence-electron chi connectivity index (χ0n) is 19.8. The van der Waals surface area contributed by atoms with E-state index < -0.39 is 0 Å². The molecule has 4 aliphatic rings. The van der Waals surface area contributed by atoms with Crippen molar-refractivity contribution in [3.05, 3.63) is 59.6 Å². The molecule has 2 bridgehead atoms. The second-order valence-electron chi connectivity index (χ2n) is 10.2. The van der Waals surface area contributed by atoms with Gasteiger partial charge in [-0.25, -0.2) is 4.39 Å². The Morgan fingerprint density at radius 2 is 1.74 bits per heavy atom. The van der Waals surface area contributed by atoms with Gasteiger partial charge in [-0.2, -0.15) is 0 Å². The minimum absolute atomic E-state index is 0.303. The van der Waals surface area contributed by atoms with Crippen LogP contribution in [-0.2, 0) is 11.8 Å².